The second-order valence-corrected chi connectivity index (χ2v) is 5.62. The number of aromatic nitrogens is 2. The molecule has 0 spiro atoms. The van der Waals surface area contributed by atoms with Crippen molar-refractivity contribution in [1.82, 2.24) is 10.2 Å². The van der Waals surface area contributed by atoms with Gasteiger partial charge in [0.25, 0.3) is 0 Å². The Balaban J connectivity index is 2.09. The Hall–Kier alpha value is -0.240. The third-order valence-corrected chi connectivity index (χ3v) is 3.70. The number of halogens is 1. The molecule has 1 aromatic rings. The predicted octanol–water partition coefficient (Wildman–Crippen LogP) is 0.234. The molecule has 1 aliphatic rings. The monoisotopic (exact) mass is 279 g/mol. The number of hydrogen-bond acceptors (Lipinski definition) is 6. The van der Waals surface area contributed by atoms with Crippen LogP contribution in [0.15, 0.2) is 3.92 Å². The first-order chi connectivity index (χ1) is 6.63. The van der Waals surface area contributed by atoms with Crippen LogP contribution in [-0.2, 0) is 0 Å². The molecular weight excluding hydrogens is 270 g/mol. The first kappa shape index (κ1) is 10.3. The van der Waals surface area contributed by atoms with Crippen LogP contribution in [0.2, 0.25) is 0 Å². The lowest BCUT2D eigenvalue weighted by molar-refractivity contribution is 0.00476. The Kier molecular flexibility index (Phi) is 2.74. The molecule has 0 amide bonds. The smallest absolute Gasteiger partial charge is 0.209 e. The van der Waals surface area contributed by atoms with Gasteiger partial charge in [0, 0.05) is 6.54 Å². The summed E-state index contributed by atoms with van der Waals surface area (Å²) in [6.45, 7) is 0.924. The maximum Gasteiger partial charge on any atom is 0.209 e. The molecule has 1 unspecified atom stereocenters. The van der Waals surface area contributed by atoms with Gasteiger partial charge in [-0.3, -0.25) is 0 Å². The molecule has 1 saturated heterocycles. The fraction of sp³-hybridized carbons (Fsp3) is 0.714. The maximum atomic E-state index is 9.79. The van der Waals surface area contributed by atoms with Gasteiger partial charge in [-0.1, -0.05) is 11.3 Å². The first-order valence-corrected chi connectivity index (χ1v) is 5.81. The summed E-state index contributed by atoms with van der Waals surface area (Å²) in [5.41, 5.74) is -0.974. The van der Waals surface area contributed by atoms with E-state index in [9.17, 15) is 5.11 Å². The van der Waals surface area contributed by atoms with E-state index in [1.54, 1.807) is 0 Å². The molecule has 0 aromatic carbocycles. The van der Waals surface area contributed by atoms with Gasteiger partial charge in [-0.05, 0) is 22.4 Å². The standard InChI is InChI=1S/C7H10BrN3O2S/c8-5-9-10-6(14-5)11-2-1-7(13,3-11)4-12/h12-13H,1-4H2. The zero-order chi connectivity index (χ0) is 10.2. The Morgan fingerprint density at radius 2 is 2.36 bits per heavy atom. The van der Waals surface area contributed by atoms with Crippen molar-refractivity contribution in [3.05, 3.63) is 3.92 Å². The van der Waals surface area contributed by atoms with Gasteiger partial charge < -0.3 is 15.1 Å². The summed E-state index contributed by atoms with van der Waals surface area (Å²) in [6, 6.07) is 0. The zero-order valence-electron chi connectivity index (χ0n) is 7.35. The summed E-state index contributed by atoms with van der Waals surface area (Å²) in [6.07, 6.45) is 0.570. The summed E-state index contributed by atoms with van der Waals surface area (Å²) < 4.78 is 0.729. The van der Waals surface area contributed by atoms with Crippen LogP contribution >= 0.6 is 27.3 Å². The van der Waals surface area contributed by atoms with Crippen LogP contribution in [0.25, 0.3) is 0 Å². The molecule has 7 heteroatoms. The van der Waals surface area contributed by atoms with Crippen molar-refractivity contribution in [2.45, 2.75) is 12.0 Å². The molecule has 14 heavy (non-hydrogen) atoms. The summed E-state index contributed by atoms with van der Waals surface area (Å²) in [4.78, 5) is 1.93. The largest absolute Gasteiger partial charge is 0.393 e. The van der Waals surface area contributed by atoms with Crippen LogP contribution < -0.4 is 4.90 Å². The molecule has 0 aliphatic carbocycles. The van der Waals surface area contributed by atoms with Gasteiger partial charge in [0.1, 0.15) is 5.60 Å². The molecule has 1 aromatic heterocycles. The van der Waals surface area contributed by atoms with Crippen molar-refractivity contribution in [1.29, 1.82) is 0 Å². The van der Waals surface area contributed by atoms with E-state index >= 15 is 0 Å². The van der Waals surface area contributed by atoms with Crippen molar-refractivity contribution in [2.75, 3.05) is 24.6 Å². The molecule has 1 atom stereocenters. The van der Waals surface area contributed by atoms with Crippen LogP contribution in [0.5, 0.6) is 0 Å². The number of nitrogens with zero attached hydrogens (tertiary/aromatic N) is 3. The molecule has 2 heterocycles. The molecule has 1 fully saturated rings. The van der Waals surface area contributed by atoms with E-state index in [0.29, 0.717) is 19.5 Å². The van der Waals surface area contributed by atoms with Crippen LogP contribution in [0.3, 0.4) is 0 Å². The first-order valence-electron chi connectivity index (χ1n) is 4.20. The highest BCUT2D eigenvalue weighted by molar-refractivity contribution is 9.11. The number of anilines is 1. The molecule has 0 bridgehead atoms. The number of β-amino-alcohol motifs (C(OH)–C–C–N with tert-alkyl or cyclic N) is 1. The Morgan fingerprint density at radius 3 is 2.86 bits per heavy atom. The molecule has 0 radical (unpaired) electrons. The highest BCUT2D eigenvalue weighted by Crippen LogP contribution is 2.30. The summed E-state index contributed by atoms with van der Waals surface area (Å²) in [5.74, 6) is 0. The lowest BCUT2D eigenvalue weighted by Gasteiger charge is -2.19. The summed E-state index contributed by atoms with van der Waals surface area (Å²) >= 11 is 4.66. The third kappa shape index (κ3) is 1.90. The molecule has 2 N–H and O–H groups in total. The zero-order valence-corrected chi connectivity index (χ0v) is 9.75. The quantitative estimate of drug-likeness (QED) is 0.812. The lowest BCUT2D eigenvalue weighted by atomic mass is 10.1. The highest BCUT2D eigenvalue weighted by Gasteiger charge is 2.36. The topological polar surface area (TPSA) is 69.5 Å². The second-order valence-electron chi connectivity index (χ2n) is 3.39. The number of hydrogen-bond donors (Lipinski definition) is 2. The fourth-order valence-electron chi connectivity index (χ4n) is 1.47. The van der Waals surface area contributed by atoms with E-state index in [1.165, 1.54) is 11.3 Å². The Labute approximate surface area is 93.5 Å². The van der Waals surface area contributed by atoms with Gasteiger partial charge in [0.15, 0.2) is 3.92 Å². The fourth-order valence-corrected chi connectivity index (χ4v) is 2.59. The van der Waals surface area contributed by atoms with E-state index in [0.717, 1.165) is 9.05 Å². The molecule has 78 valence electrons. The van der Waals surface area contributed by atoms with Crippen molar-refractivity contribution in [3.8, 4) is 0 Å². The van der Waals surface area contributed by atoms with Crippen molar-refractivity contribution in [3.63, 3.8) is 0 Å². The lowest BCUT2D eigenvalue weighted by Crippen LogP contribution is -2.36. The SMILES string of the molecule is OCC1(O)CCN(c2nnc(Br)s2)C1. The van der Waals surface area contributed by atoms with Gasteiger partial charge in [-0.15, -0.1) is 10.2 Å². The third-order valence-electron chi connectivity index (χ3n) is 2.29. The van der Waals surface area contributed by atoms with Gasteiger partial charge in [0.05, 0.1) is 13.2 Å². The second kappa shape index (κ2) is 3.73. The maximum absolute atomic E-state index is 9.79. The van der Waals surface area contributed by atoms with Gasteiger partial charge in [0.2, 0.25) is 5.13 Å². The van der Waals surface area contributed by atoms with Crippen LogP contribution in [0.4, 0.5) is 5.13 Å². The van der Waals surface area contributed by atoms with E-state index in [1.807, 2.05) is 4.90 Å². The number of rotatable bonds is 2. The molecule has 0 saturated carbocycles. The predicted molar refractivity (Wildman–Crippen MR) is 56.5 cm³/mol. The normalized spacial score (nSPS) is 27.2. The van der Waals surface area contributed by atoms with Gasteiger partial charge >= 0.3 is 0 Å². The molecular formula is C7H10BrN3O2S. The minimum Gasteiger partial charge on any atom is -0.393 e. The Bertz CT molecular complexity index is 334. The van der Waals surface area contributed by atoms with Crippen molar-refractivity contribution >= 4 is 32.4 Å². The van der Waals surface area contributed by atoms with Crippen LogP contribution in [0.1, 0.15) is 6.42 Å². The van der Waals surface area contributed by atoms with Gasteiger partial charge in [-0.25, -0.2) is 0 Å². The molecule has 5 nitrogen and oxygen atoms in total. The molecule has 1 aliphatic heterocycles. The van der Waals surface area contributed by atoms with Crippen LogP contribution in [-0.4, -0.2) is 45.7 Å². The highest BCUT2D eigenvalue weighted by atomic mass is 79.9. The number of aliphatic hydroxyl groups is 2. The van der Waals surface area contributed by atoms with E-state index in [4.69, 9.17) is 5.11 Å². The summed E-state index contributed by atoms with van der Waals surface area (Å²) in [7, 11) is 0. The summed E-state index contributed by atoms with van der Waals surface area (Å²) in [5, 5.41) is 27.3. The molecule has 2 rings (SSSR count). The minimum absolute atomic E-state index is 0.205. The van der Waals surface area contributed by atoms with E-state index in [2.05, 4.69) is 26.1 Å². The van der Waals surface area contributed by atoms with E-state index in [-0.39, 0.29) is 6.61 Å². The minimum atomic E-state index is -0.974. The average molecular weight is 280 g/mol. The van der Waals surface area contributed by atoms with Crippen molar-refractivity contribution in [2.24, 2.45) is 0 Å². The Morgan fingerprint density at radius 1 is 1.57 bits per heavy atom. The van der Waals surface area contributed by atoms with Crippen LogP contribution in [0, 0.1) is 0 Å². The number of aliphatic hydroxyl groups excluding tert-OH is 1. The van der Waals surface area contributed by atoms with E-state index < -0.39 is 5.60 Å². The van der Waals surface area contributed by atoms with Crippen molar-refractivity contribution < 1.29 is 10.2 Å². The average Bonchev–Trinajstić information content (AvgIpc) is 2.73. The van der Waals surface area contributed by atoms with Gasteiger partial charge in [-0.2, -0.15) is 0 Å².